The molecule has 0 radical (unpaired) electrons. The summed E-state index contributed by atoms with van der Waals surface area (Å²) >= 11 is 8.97. The molecular weight excluding hydrogens is 515 g/mol. The molecule has 0 spiro atoms. The second kappa shape index (κ2) is 8.28. The number of nitrogens with zero attached hydrogens (tertiary/aromatic N) is 4. The molecule has 0 unspecified atom stereocenters. The van der Waals surface area contributed by atoms with Crippen LogP contribution in [0.25, 0.3) is 16.9 Å². The van der Waals surface area contributed by atoms with Gasteiger partial charge in [0.1, 0.15) is 12.7 Å². The highest BCUT2D eigenvalue weighted by Crippen LogP contribution is 2.36. The number of amides is 2. The molecule has 2 aromatic carbocycles. The van der Waals surface area contributed by atoms with Crippen LogP contribution < -0.4 is 16.4 Å². The molecule has 0 aliphatic rings. The minimum atomic E-state index is -4.64. The molecule has 4 N–H and O–H groups in total. The summed E-state index contributed by atoms with van der Waals surface area (Å²) in [5, 5.41) is 4.47. The predicted octanol–water partition coefficient (Wildman–Crippen LogP) is 5.48. The third-order valence-corrected chi connectivity index (χ3v) is 5.36. The summed E-state index contributed by atoms with van der Waals surface area (Å²) in [6, 6.07) is 7.38. The van der Waals surface area contributed by atoms with E-state index < -0.39 is 22.8 Å². The van der Waals surface area contributed by atoms with E-state index in [1.807, 2.05) is 0 Å². The van der Waals surface area contributed by atoms with E-state index in [0.29, 0.717) is 27.0 Å². The Labute approximate surface area is 191 Å². The maximum Gasteiger partial charge on any atom is 0.417 e. The molecule has 32 heavy (non-hydrogen) atoms. The lowest BCUT2D eigenvalue weighted by Crippen LogP contribution is -2.20. The van der Waals surface area contributed by atoms with Crippen LogP contribution in [0.15, 0.2) is 53.5 Å². The van der Waals surface area contributed by atoms with Crippen LogP contribution in [0.3, 0.4) is 0 Å². The van der Waals surface area contributed by atoms with Gasteiger partial charge < -0.3 is 16.4 Å². The molecule has 4 aromatic rings. The average molecular weight is 527 g/mol. The first-order chi connectivity index (χ1) is 15.1. The number of hydrogen-bond acceptors (Lipinski definition) is 5. The number of halogens is 5. The lowest BCUT2D eigenvalue weighted by molar-refractivity contribution is -0.137. The fourth-order valence-electron chi connectivity index (χ4n) is 2.90. The van der Waals surface area contributed by atoms with Gasteiger partial charge in [-0.15, -0.1) is 0 Å². The Morgan fingerprint density at radius 2 is 1.88 bits per heavy atom. The number of anilines is 3. The van der Waals surface area contributed by atoms with Crippen LogP contribution in [-0.2, 0) is 6.18 Å². The number of nitrogens with two attached hydrogens (primary N) is 1. The summed E-state index contributed by atoms with van der Waals surface area (Å²) in [6.45, 7) is 0. The van der Waals surface area contributed by atoms with Crippen molar-refractivity contribution in [1.29, 1.82) is 0 Å². The van der Waals surface area contributed by atoms with Crippen LogP contribution in [0.5, 0.6) is 0 Å². The van der Waals surface area contributed by atoms with Gasteiger partial charge in [0, 0.05) is 15.8 Å². The summed E-state index contributed by atoms with van der Waals surface area (Å²) in [5.74, 6) is 0.249. The maximum atomic E-state index is 13.0. The van der Waals surface area contributed by atoms with Gasteiger partial charge in [-0.1, -0.05) is 11.6 Å². The lowest BCUT2D eigenvalue weighted by Gasteiger charge is -2.13. The highest BCUT2D eigenvalue weighted by Gasteiger charge is 2.33. The topological polar surface area (TPSA) is 111 Å². The highest BCUT2D eigenvalue weighted by atomic mass is 79.9. The van der Waals surface area contributed by atoms with Crippen molar-refractivity contribution in [2.75, 3.05) is 16.4 Å². The molecule has 0 saturated carbocycles. The van der Waals surface area contributed by atoms with Crippen LogP contribution in [0.1, 0.15) is 5.56 Å². The third-order valence-electron chi connectivity index (χ3n) is 4.37. The maximum absolute atomic E-state index is 13.0. The zero-order chi connectivity index (χ0) is 23.0. The fraction of sp³-hybridized carbons (Fsp3) is 0.0526. The SMILES string of the molecule is Nc1ncnc2c1ncn2-c1ccc(NC(=O)Nc2ccc(Cl)c(C(F)(F)F)c2)c(Br)c1. The van der Waals surface area contributed by atoms with Crippen molar-refractivity contribution in [3.63, 3.8) is 0 Å². The molecular formula is C19H12BrClF3N7O. The van der Waals surface area contributed by atoms with Crippen molar-refractivity contribution in [3.05, 3.63) is 64.1 Å². The van der Waals surface area contributed by atoms with E-state index in [4.69, 9.17) is 17.3 Å². The summed E-state index contributed by atoms with van der Waals surface area (Å²) < 4.78 is 41.2. The number of fused-ring (bicyclic) bond motifs is 1. The average Bonchev–Trinajstić information content (AvgIpc) is 3.16. The number of aromatic nitrogens is 4. The van der Waals surface area contributed by atoms with Gasteiger partial charge in [0.25, 0.3) is 0 Å². The Hall–Kier alpha value is -3.38. The van der Waals surface area contributed by atoms with E-state index in [2.05, 4.69) is 41.5 Å². The van der Waals surface area contributed by atoms with Crippen molar-refractivity contribution in [2.24, 2.45) is 0 Å². The zero-order valence-electron chi connectivity index (χ0n) is 15.8. The Morgan fingerprint density at radius 3 is 2.59 bits per heavy atom. The molecule has 2 amide bonds. The molecule has 0 atom stereocenters. The first-order valence-corrected chi connectivity index (χ1v) is 9.99. The van der Waals surface area contributed by atoms with E-state index in [9.17, 15) is 18.0 Å². The number of hydrogen-bond donors (Lipinski definition) is 3. The highest BCUT2D eigenvalue weighted by molar-refractivity contribution is 9.10. The second-order valence-corrected chi connectivity index (χ2v) is 7.74. The van der Waals surface area contributed by atoms with Crippen molar-refractivity contribution >= 4 is 61.9 Å². The second-order valence-electron chi connectivity index (χ2n) is 6.48. The Morgan fingerprint density at radius 1 is 1.09 bits per heavy atom. The largest absolute Gasteiger partial charge is 0.417 e. The third kappa shape index (κ3) is 4.32. The van der Waals surface area contributed by atoms with Crippen molar-refractivity contribution in [2.45, 2.75) is 6.18 Å². The van der Waals surface area contributed by atoms with E-state index in [0.717, 1.165) is 12.1 Å². The van der Waals surface area contributed by atoms with E-state index in [1.54, 1.807) is 22.8 Å². The molecule has 164 valence electrons. The minimum absolute atomic E-state index is 0.0610. The first-order valence-electron chi connectivity index (χ1n) is 8.81. The van der Waals surface area contributed by atoms with E-state index in [-0.39, 0.29) is 11.5 Å². The quantitative estimate of drug-likeness (QED) is 0.328. The molecule has 0 aliphatic heterocycles. The summed E-state index contributed by atoms with van der Waals surface area (Å²) in [6.07, 6.45) is -1.78. The van der Waals surface area contributed by atoms with Gasteiger partial charge in [0.05, 0.1) is 16.3 Å². The number of nitrogen functional groups attached to an aromatic ring is 1. The van der Waals surface area contributed by atoms with Gasteiger partial charge in [-0.25, -0.2) is 19.7 Å². The van der Waals surface area contributed by atoms with Gasteiger partial charge in [-0.05, 0) is 52.3 Å². The number of rotatable bonds is 3. The van der Waals surface area contributed by atoms with Crippen LogP contribution in [0.2, 0.25) is 5.02 Å². The monoisotopic (exact) mass is 525 g/mol. The van der Waals surface area contributed by atoms with E-state index >= 15 is 0 Å². The van der Waals surface area contributed by atoms with Crippen LogP contribution in [-0.4, -0.2) is 25.6 Å². The number of imidazole rings is 1. The fourth-order valence-corrected chi connectivity index (χ4v) is 3.59. The number of carbonyl (C=O) groups excluding carboxylic acids is 1. The smallest absolute Gasteiger partial charge is 0.382 e. The number of benzene rings is 2. The number of carbonyl (C=O) groups is 1. The Bertz CT molecular complexity index is 1340. The summed E-state index contributed by atoms with van der Waals surface area (Å²) in [5.41, 5.74) is 6.71. The van der Waals surface area contributed by atoms with E-state index in [1.165, 1.54) is 18.7 Å². The van der Waals surface area contributed by atoms with Gasteiger partial charge in [-0.3, -0.25) is 4.57 Å². The van der Waals surface area contributed by atoms with Crippen LogP contribution in [0.4, 0.5) is 35.2 Å². The van der Waals surface area contributed by atoms with Gasteiger partial charge in [0.15, 0.2) is 17.0 Å². The first kappa shape index (κ1) is 21.8. The van der Waals surface area contributed by atoms with Crippen molar-refractivity contribution in [3.8, 4) is 5.69 Å². The molecule has 0 aliphatic carbocycles. The summed E-state index contributed by atoms with van der Waals surface area (Å²) in [7, 11) is 0. The zero-order valence-corrected chi connectivity index (χ0v) is 18.1. The predicted molar refractivity (Wildman–Crippen MR) is 118 cm³/mol. The molecule has 0 fully saturated rings. The molecule has 13 heteroatoms. The van der Waals surface area contributed by atoms with Crippen LogP contribution >= 0.6 is 27.5 Å². The molecule has 0 bridgehead atoms. The van der Waals surface area contributed by atoms with Crippen LogP contribution in [0, 0.1) is 0 Å². The Balaban J connectivity index is 1.53. The van der Waals surface area contributed by atoms with Crippen molar-refractivity contribution in [1.82, 2.24) is 19.5 Å². The van der Waals surface area contributed by atoms with Gasteiger partial charge in [0.2, 0.25) is 0 Å². The summed E-state index contributed by atoms with van der Waals surface area (Å²) in [4.78, 5) is 24.6. The van der Waals surface area contributed by atoms with Gasteiger partial charge >= 0.3 is 12.2 Å². The molecule has 2 heterocycles. The molecule has 0 saturated heterocycles. The van der Waals surface area contributed by atoms with Gasteiger partial charge in [-0.2, -0.15) is 13.2 Å². The normalized spacial score (nSPS) is 11.5. The molecule has 4 rings (SSSR count). The Kier molecular flexibility index (Phi) is 5.65. The molecule has 8 nitrogen and oxygen atoms in total. The lowest BCUT2D eigenvalue weighted by atomic mass is 10.2. The number of urea groups is 1. The standard InChI is InChI=1S/C19H12BrClF3N7O/c20-12-6-10(31-8-28-15-16(25)26-7-27-17(15)31)2-4-14(12)30-18(32)29-9-1-3-13(21)11(5-9)19(22,23)24/h1-8H,(H2,25,26,27)(H2,29,30,32). The number of alkyl halides is 3. The minimum Gasteiger partial charge on any atom is -0.382 e. The van der Waals surface area contributed by atoms with Crippen molar-refractivity contribution < 1.29 is 18.0 Å². The number of nitrogens with one attached hydrogen (secondary N) is 2. The molecule has 2 aromatic heterocycles.